The molecule has 3 nitrogen and oxygen atoms in total. The molecule has 22 heavy (non-hydrogen) atoms. The van der Waals surface area contributed by atoms with Gasteiger partial charge in [-0.1, -0.05) is 42.5 Å². The molecule has 1 heterocycles. The maximum atomic E-state index is 12.7. The molecule has 0 aliphatic carbocycles. The smallest absolute Gasteiger partial charge is 0.254 e. The Balaban J connectivity index is 1.82. The fraction of sp³-hybridized carbons (Fsp3) is 0.316. The van der Waals surface area contributed by atoms with Gasteiger partial charge in [0.1, 0.15) is 0 Å². The first-order chi connectivity index (χ1) is 10.6. The van der Waals surface area contributed by atoms with E-state index < -0.39 is 0 Å². The van der Waals surface area contributed by atoms with Crippen LogP contribution >= 0.6 is 0 Å². The van der Waals surface area contributed by atoms with E-state index in [1.165, 1.54) is 0 Å². The molecule has 0 spiro atoms. The molecule has 0 N–H and O–H groups in total. The molecule has 0 unspecified atom stereocenters. The Morgan fingerprint density at radius 1 is 1.00 bits per heavy atom. The lowest BCUT2D eigenvalue weighted by molar-refractivity contribution is -0.0370. The van der Waals surface area contributed by atoms with Crippen LogP contribution in [0.3, 0.4) is 0 Å². The third kappa shape index (κ3) is 2.90. The number of ether oxygens (including phenoxy) is 1. The van der Waals surface area contributed by atoms with E-state index in [-0.39, 0.29) is 11.4 Å². The summed E-state index contributed by atoms with van der Waals surface area (Å²) in [5.41, 5.74) is 2.76. The van der Waals surface area contributed by atoms with Crippen molar-refractivity contribution in [2.24, 2.45) is 0 Å². The zero-order valence-electron chi connectivity index (χ0n) is 13.1. The molecule has 0 aromatic heterocycles. The van der Waals surface area contributed by atoms with Crippen molar-refractivity contribution in [3.05, 3.63) is 60.2 Å². The van der Waals surface area contributed by atoms with Crippen molar-refractivity contribution in [1.29, 1.82) is 0 Å². The Morgan fingerprint density at radius 2 is 1.64 bits per heavy atom. The summed E-state index contributed by atoms with van der Waals surface area (Å²) in [6.45, 7) is 5.93. The number of hydrogen-bond donors (Lipinski definition) is 0. The number of carbonyl (C=O) groups is 1. The Hall–Kier alpha value is -2.13. The Bertz CT molecular complexity index is 647. The molecule has 1 aliphatic rings. The maximum Gasteiger partial charge on any atom is 0.254 e. The van der Waals surface area contributed by atoms with Crippen LogP contribution in [0.25, 0.3) is 11.1 Å². The van der Waals surface area contributed by atoms with Crippen LogP contribution in [0.2, 0.25) is 0 Å². The first kappa shape index (κ1) is 14.8. The van der Waals surface area contributed by atoms with Gasteiger partial charge < -0.3 is 9.64 Å². The second kappa shape index (κ2) is 5.93. The van der Waals surface area contributed by atoms with Gasteiger partial charge in [-0.2, -0.15) is 0 Å². The van der Waals surface area contributed by atoms with E-state index >= 15 is 0 Å². The van der Waals surface area contributed by atoms with E-state index in [0.29, 0.717) is 19.8 Å². The second-order valence-corrected chi connectivity index (χ2v) is 6.27. The van der Waals surface area contributed by atoms with Gasteiger partial charge in [0.15, 0.2) is 0 Å². The van der Waals surface area contributed by atoms with Gasteiger partial charge in [-0.15, -0.1) is 0 Å². The van der Waals surface area contributed by atoms with Gasteiger partial charge in [0.05, 0.1) is 18.8 Å². The van der Waals surface area contributed by atoms with E-state index in [1.807, 2.05) is 61.2 Å². The van der Waals surface area contributed by atoms with Crippen LogP contribution in [0.4, 0.5) is 0 Å². The molecule has 0 bridgehead atoms. The van der Waals surface area contributed by atoms with Gasteiger partial charge in [0, 0.05) is 12.1 Å². The summed E-state index contributed by atoms with van der Waals surface area (Å²) in [6, 6.07) is 18.0. The monoisotopic (exact) mass is 295 g/mol. The Kier molecular flexibility index (Phi) is 3.99. The normalized spacial score (nSPS) is 17.3. The molecule has 0 atom stereocenters. The van der Waals surface area contributed by atoms with Crippen LogP contribution in [0.5, 0.6) is 0 Å². The van der Waals surface area contributed by atoms with Gasteiger partial charge >= 0.3 is 0 Å². The van der Waals surface area contributed by atoms with Gasteiger partial charge in [0.25, 0.3) is 5.91 Å². The molecule has 1 saturated heterocycles. The summed E-state index contributed by atoms with van der Waals surface area (Å²) in [4.78, 5) is 14.6. The number of nitrogens with zero attached hydrogens (tertiary/aromatic N) is 1. The molecule has 1 fully saturated rings. The Morgan fingerprint density at radius 3 is 2.27 bits per heavy atom. The van der Waals surface area contributed by atoms with Crippen LogP contribution in [-0.4, -0.2) is 36.1 Å². The Labute approximate surface area is 131 Å². The average Bonchev–Trinajstić information content (AvgIpc) is 2.55. The minimum atomic E-state index is -0.257. The molecule has 3 rings (SSSR count). The van der Waals surface area contributed by atoms with Gasteiger partial charge in [-0.25, -0.2) is 0 Å². The minimum Gasteiger partial charge on any atom is -0.377 e. The van der Waals surface area contributed by atoms with Crippen molar-refractivity contribution in [2.45, 2.75) is 19.4 Å². The molecule has 1 aliphatic heterocycles. The van der Waals surface area contributed by atoms with Gasteiger partial charge in [-0.3, -0.25) is 4.79 Å². The number of benzene rings is 2. The quantitative estimate of drug-likeness (QED) is 0.847. The van der Waals surface area contributed by atoms with E-state index in [0.717, 1.165) is 16.7 Å². The largest absolute Gasteiger partial charge is 0.377 e. The SMILES string of the molecule is CC1(C)COCCN1C(=O)c1ccc(-c2ccccc2)cc1. The van der Waals surface area contributed by atoms with Crippen molar-refractivity contribution in [1.82, 2.24) is 4.90 Å². The third-order valence-electron chi connectivity index (χ3n) is 4.13. The minimum absolute atomic E-state index is 0.0768. The summed E-state index contributed by atoms with van der Waals surface area (Å²) < 4.78 is 5.48. The summed E-state index contributed by atoms with van der Waals surface area (Å²) in [7, 11) is 0. The van der Waals surface area contributed by atoms with E-state index in [2.05, 4.69) is 12.1 Å². The number of hydrogen-bond acceptors (Lipinski definition) is 2. The third-order valence-corrected chi connectivity index (χ3v) is 4.13. The molecule has 2 aromatic rings. The van der Waals surface area contributed by atoms with Crippen LogP contribution in [0.15, 0.2) is 54.6 Å². The van der Waals surface area contributed by atoms with Crippen molar-refractivity contribution < 1.29 is 9.53 Å². The topological polar surface area (TPSA) is 29.5 Å². The summed E-state index contributed by atoms with van der Waals surface area (Å²) in [5, 5.41) is 0. The molecule has 1 amide bonds. The van der Waals surface area contributed by atoms with Crippen LogP contribution in [-0.2, 0) is 4.74 Å². The highest BCUT2D eigenvalue weighted by atomic mass is 16.5. The molecule has 0 saturated carbocycles. The second-order valence-electron chi connectivity index (χ2n) is 6.27. The average molecular weight is 295 g/mol. The van der Waals surface area contributed by atoms with Crippen molar-refractivity contribution in [2.75, 3.05) is 19.8 Å². The first-order valence-electron chi connectivity index (χ1n) is 7.63. The molecule has 0 radical (unpaired) electrons. The van der Waals surface area contributed by atoms with Crippen molar-refractivity contribution in [3.63, 3.8) is 0 Å². The van der Waals surface area contributed by atoms with E-state index in [4.69, 9.17) is 4.74 Å². The van der Waals surface area contributed by atoms with Crippen molar-refractivity contribution >= 4 is 5.91 Å². The molecule has 3 heteroatoms. The number of rotatable bonds is 2. The van der Waals surface area contributed by atoms with E-state index in [1.54, 1.807) is 0 Å². The lowest BCUT2D eigenvalue weighted by atomic mass is 9.99. The fourth-order valence-electron chi connectivity index (χ4n) is 2.83. The number of amides is 1. The lowest BCUT2D eigenvalue weighted by Crippen LogP contribution is -2.55. The predicted molar refractivity (Wildman–Crippen MR) is 87.8 cm³/mol. The highest BCUT2D eigenvalue weighted by Gasteiger charge is 2.34. The van der Waals surface area contributed by atoms with Crippen LogP contribution in [0.1, 0.15) is 24.2 Å². The molecule has 2 aromatic carbocycles. The zero-order valence-corrected chi connectivity index (χ0v) is 13.1. The molecule has 114 valence electrons. The summed E-state index contributed by atoms with van der Waals surface area (Å²) >= 11 is 0. The predicted octanol–water partition coefficient (Wildman–Crippen LogP) is 3.60. The van der Waals surface area contributed by atoms with Crippen LogP contribution in [0, 0.1) is 0 Å². The standard InChI is InChI=1S/C19H21NO2/c1-19(2)14-22-13-12-20(19)18(21)17-10-8-16(9-11-17)15-6-4-3-5-7-15/h3-11H,12-14H2,1-2H3. The molecular weight excluding hydrogens is 274 g/mol. The van der Waals surface area contributed by atoms with Gasteiger partial charge in [0.2, 0.25) is 0 Å². The lowest BCUT2D eigenvalue weighted by Gasteiger charge is -2.42. The fourth-order valence-corrected chi connectivity index (χ4v) is 2.83. The van der Waals surface area contributed by atoms with Gasteiger partial charge in [-0.05, 0) is 37.1 Å². The summed E-state index contributed by atoms with van der Waals surface area (Å²) in [6.07, 6.45) is 0. The van der Waals surface area contributed by atoms with E-state index in [9.17, 15) is 4.79 Å². The van der Waals surface area contributed by atoms with Crippen LogP contribution < -0.4 is 0 Å². The highest BCUT2D eigenvalue weighted by Crippen LogP contribution is 2.24. The first-order valence-corrected chi connectivity index (χ1v) is 7.63. The summed E-state index contributed by atoms with van der Waals surface area (Å²) in [5.74, 6) is 0.0768. The number of morpholine rings is 1. The highest BCUT2D eigenvalue weighted by molar-refractivity contribution is 5.95. The van der Waals surface area contributed by atoms with Crippen molar-refractivity contribution in [3.8, 4) is 11.1 Å². The zero-order chi connectivity index (χ0) is 15.6. The number of carbonyl (C=O) groups excluding carboxylic acids is 1. The molecular formula is C19H21NO2. The maximum absolute atomic E-state index is 12.7.